The summed E-state index contributed by atoms with van der Waals surface area (Å²) in [4.78, 5) is 2.38. The van der Waals surface area contributed by atoms with Gasteiger partial charge >= 0.3 is 0 Å². The highest BCUT2D eigenvalue weighted by atomic mass is 35.5. The second kappa shape index (κ2) is 8.72. The Balaban J connectivity index is 0.00000128. The summed E-state index contributed by atoms with van der Waals surface area (Å²) in [6, 6.07) is 10.7. The van der Waals surface area contributed by atoms with Gasteiger partial charge in [0, 0.05) is 32.2 Å². The third kappa shape index (κ3) is 5.23. The maximum Gasteiger partial charge on any atom is 0.0597 e. The van der Waals surface area contributed by atoms with Crippen molar-refractivity contribution in [1.82, 2.24) is 10.2 Å². The molecule has 0 spiro atoms. The second-order valence-corrected chi connectivity index (χ2v) is 4.05. The van der Waals surface area contributed by atoms with Crippen LogP contribution in [-0.2, 0) is 6.54 Å². The Hall–Kier alpha value is -0.320. The first kappa shape index (κ1) is 16.7. The summed E-state index contributed by atoms with van der Waals surface area (Å²) < 4.78 is 0. The molecule has 3 nitrogen and oxygen atoms in total. The van der Waals surface area contributed by atoms with E-state index in [9.17, 15) is 0 Å². The Morgan fingerprint density at radius 3 is 2.59 bits per heavy atom. The Bertz CT molecular complexity index is 298. The molecule has 1 saturated heterocycles. The van der Waals surface area contributed by atoms with Gasteiger partial charge in [-0.1, -0.05) is 30.3 Å². The number of nitrogens with one attached hydrogen (secondary N) is 1. The van der Waals surface area contributed by atoms with Crippen LogP contribution in [0.15, 0.2) is 30.3 Å². The van der Waals surface area contributed by atoms with Crippen molar-refractivity contribution in [2.45, 2.75) is 12.6 Å². The standard InChI is InChI=1S/C12H18N2O.2ClH/c15-10-12-9-14(7-6-13-12)8-11-4-2-1-3-5-11;;/h1-5,12-13,15H,6-10H2;2*1H. The minimum absolute atomic E-state index is 0. The number of rotatable bonds is 3. The second-order valence-electron chi connectivity index (χ2n) is 4.05. The Morgan fingerprint density at radius 1 is 1.24 bits per heavy atom. The summed E-state index contributed by atoms with van der Waals surface area (Å²) in [6.07, 6.45) is 0. The van der Waals surface area contributed by atoms with Crippen LogP contribution in [-0.4, -0.2) is 42.3 Å². The lowest BCUT2D eigenvalue weighted by Crippen LogP contribution is -2.51. The van der Waals surface area contributed by atoms with Crippen LogP contribution in [0.5, 0.6) is 0 Å². The van der Waals surface area contributed by atoms with E-state index in [-0.39, 0.29) is 37.5 Å². The van der Waals surface area contributed by atoms with E-state index >= 15 is 0 Å². The molecule has 1 aliphatic rings. The first-order chi connectivity index (χ1) is 7.38. The van der Waals surface area contributed by atoms with Crippen molar-refractivity contribution in [3.05, 3.63) is 35.9 Å². The van der Waals surface area contributed by atoms with Crippen LogP contribution < -0.4 is 5.32 Å². The van der Waals surface area contributed by atoms with E-state index in [1.54, 1.807) is 0 Å². The molecule has 2 rings (SSSR count). The molecular formula is C12H20Cl2N2O. The molecule has 0 amide bonds. The largest absolute Gasteiger partial charge is 0.395 e. The van der Waals surface area contributed by atoms with Crippen molar-refractivity contribution in [3.8, 4) is 0 Å². The average Bonchev–Trinajstić information content (AvgIpc) is 2.31. The molecule has 98 valence electrons. The molecule has 0 aliphatic carbocycles. The molecule has 17 heavy (non-hydrogen) atoms. The third-order valence-corrected chi connectivity index (χ3v) is 2.81. The molecule has 1 aliphatic heterocycles. The molecule has 2 N–H and O–H groups in total. The highest BCUT2D eigenvalue weighted by molar-refractivity contribution is 5.85. The minimum atomic E-state index is 0. The van der Waals surface area contributed by atoms with Gasteiger partial charge in [-0.05, 0) is 5.56 Å². The molecular weight excluding hydrogens is 259 g/mol. The van der Waals surface area contributed by atoms with E-state index in [4.69, 9.17) is 5.11 Å². The zero-order chi connectivity index (χ0) is 10.5. The summed E-state index contributed by atoms with van der Waals surface area (Å²) in [7, 11) is 0. The van der Waals surface area contributed by atoms with Gasteiger partial charge in [0.2, 0.25) is 0 Å². The van der Waals surface area contributed by atoms with Gasteiger partial charge in [0.25, 0.3) is 0 Å². The Kier molecular flexibility index (Phi) is 8.56. The van der Waals surface area contributed by atoms with Crippen molar-refractivity contribution in [1.29, 1.82) is 0 Å². The summed E-state index contributed by atoms with van der Waals surface area (Å²) in [6.45, 7) is 4.18. The van der Waals surface area contributed by atoms with Crippen LogP contribution in [0.2, 0.25) is 0 Å². The molecule has 1 fully saturated rings. The molecule has 1 atom stereocenters. The predicted molar refractivity (Wildman–Crippen MR) is 75.1 cm³/mol. The maximum absolute atomic E-state index is 9.09. The lowest BCUT2D eigenvalue weighted by Gasteiger charge is -2.32. The molecule has 1 aromatic rings. The first-order valence-corrected chi connectivity index (χ1v) is 5.49. The molecule has 5 heteroatoms. The maximum atomic E-state index is 9.09. The summed E-state index contributed by atoms with van der Waals surface area (Å²) in [5.74, 6) is 0. The monoisotopic (exact) mass is 278 g/mol. The van der Waals surface area contributed by atoms with Gasteiger partial charge in [-0.2, -0.15) is 0 Å². The van der Waals surface area contributed by atoms with Gasteiger partial charge in [0.05, 0.1) is 6.61 Å². The van der Waals surface area contributed by atoms with Gasteiger partial charge < -0.3 is 10.4 Å². The summed E-state index contributed by atoms with van der Waals surface area (Å²) >= 11 is 0. The quantitative estimate of drug-likeness (QED) is 0.875. The summed E-state index contributed by atoms with van der Waals surface area (Å²) in [5.41, 5.74) is 1.34. The van der Waals surface area contributed by atoms with Gasteiger partial charge in [0.15, 0.2) is 0 Å². The number of aliphatic hydroxyl groups is 1. The Labute approximate surface area is 115 Å². The van der Waals surface area contributed by atoms with Crippen molar-refractivity contribution in [2.75, 3.05) is 26.2 Å². The zero-order valence-corrected chi connectivity index (χ0v) is 11.3. The topological polar surface area (TPSA) is 35.5 Å². The third-order valence-electron chi connectivity index (χ3n) is 2.81. The fourth-order valence-electron chi connectivity index (χ4n) is 2.00. The van der Waals surface area contributed by atoms with E-state index in [1.165, 1.54) is 5.56 Å². The number of benzene rings is 1. The van der Waals surface area contributed by atoms with Gasteiger partial charge in [-0.15, -0.1) is 24.8 Å². The normalized spacial score (nSPS) is 20.2. The van der Waals surface area contributed by atoms with E-state index in [1.807, 2.05) is 6.07 Å². The number of hydrogen-bond donors (Lipinski definition) is 2. The molecule has 1 heterocycles. The van der Waals surface area contributed by atoms with Crippen molar-refractivity contribution >= 4 is 24.8 Å². The smallest absolute Gasteiger partial charge is 0.0597 e. The van der Waals surface area contributed by atoms with Gasteiger partial charge in [-0.25, -0.2) is 0 Å². The van der Waals surface area contributed by atoms with Crippen LogP contribution in [0.4, 0.5) is 0 Å². The van der Waals surface area contributed by atoms with Gasteiger partial charge in [-0.3, -0.25) is 4.90 Å². The van der Waals surface area contributed by atoms with Gasteiger partial charge in [0.1, 0.15) is 0 Å². The predicted octanol–water partition coefficient (Wildman–Crippen LogP) is 1.30. The van der Waals surface area contributed by atoms with Crippen LogP contribution in [0.1, 0.15) is 5.56 Å². The number of aliphatic hydroxyl groups excluding tert-OH is 1. The molecule has 0 aromatic heterocycles. The highest BCUT2D eigenvalue weighted by Crippen LogP contribution is 2.06. The number of halogens is 2. The zero-order valence-electron chi connectivity index (χ0n) is 9.71. The fraction of sp³-hybridized carbons (Fsp3) is 0.500. The first-order valence-electron chi connectivity index (χ1n) is 5.49. The van der Waals surface area contributed by atoms with Crippen LogP contribution in [0, 0.1) is 0 Å². The lowest BCUT2D eigenvalue weighted by atomic mass is 10.1. The van der Waals surface area contributed by atoms with Crippen LogP contribution in [0.25, 0.3) is 0 Å². The fourth-order valence-corrected chi connectivity index (χ4v) is 2.00. The minimum Gasteiger partial charge on any atom is -0.395 e. The molecule has 0 bridgehead atoms. The van der Waals surface area contributed by atoms with E-state index in [0.717, 1.165) is 26.2 Å². The van der Waals surface area contributed by atoms with Crippen molar-refractivity contribution in [2.24, 2.45) is 0 Å². The SMILES string of the molecule is Cl.Cl.OCC1CN(Cc2ccccc2)CCN1. The van der Waals surface area contributed by atoms with Crippen LogP contribution in [0.3, 0.4) is 0 Å². The molecule has 0 radical (unpaired) electrons. The van der Waals surface area contributed by atoms with Crippen molar-refractivity contribution < 1.29 is 5.11 Å². The summed E-state index contributed by atoms with van der Waals surface area (Å²) in [5, 5.41) is 12.4. The molecule has 1 unspecified atom stereocenters. The average molecular weight is 279 g/mol. The van der Waals surface area contributed by atoms with E-state index < -0.39 is 0 Å². The lowest BCUT2D eigenvalue weighted by molar-refractivity contribution is 0.143. The number of nitrogens with zero attached hydrogens (tertiary/aromatic N) is 1. The highest BCUT2D eigenvalue weighted by Gasteiger charge is 2.17. The molecule has 0 saturated carbocycles. The van der Waals surface area contributed by atoms with Crippen LogP contribution >= 0.6 is 24.8 Å². The number of piperazine rings is 1. The van der Waals surface area contributed by atoms with E-state index in [2.05, 4.69) is 34.5 Å². The van der Waals surface area contributed by atoms with Crippen molar-refractivity contribution in [3.63, 3.8) is 0 Å². The Morgan fingerprint density at radius 2 is 1.94 bits per heavy atom. The number of hydrogen-bond acceptors (Lipinski definition) is 3. The molecule has 1 aromatic carbocycles. The van der Waals surface area contributed by atoms with E-state index in [0.29, 0.717) is 0 Å².